The zero-order valence-electron chi connectivity index (χ0n) is 37.8. The lowest BCUT2D eigenvalue weighted by Crippen LogP contribution is -2.48. The first-order valence-electron chi connectivity index (χ1n) is 23.7. The van der Waals surface area contributed by atoms with E-state index in [0.29, 0.717) is 17.5 Å². The Morgan fingerprint density at radius 2 is 0.800 bits per heavy atom. The molecule has 0 saturated heterocycles. The van der Waals surface area contributed by atoms with Gasteiger partial charge in [-0.1, -0.05) is 224 Å². The third-order valence-corrected chi connectivity index (χ3v) is 17.7. The Hall–Kier alpha value is -8.76. The summed E-state index contributed by atoms with van der Waals surface area (Å²) in [6.07, 6.45) is 0. The molecule has 0 bridgehead atoms. The van der Waals surface area contributed by atoms with Crippen molar-refractivity contribution in [2.75, 3.05) is 0 Å². The number of hydrogen-bond donors (Lipinski definition) is 0. The topological polar surface area (TPSA) is 60.7 Å². The van der Waals surface area contributed by atoms with Crippen molar-refractivity contribution in [3.8, 4) is 62.1 Å². The van der Waals surface area contributed by atoms with Crippen LogP contribution < -0.4 is 15.9 Å². The van der Waals surface area contributed by atoms with Crippen molar-refractivity contribution in [2.45, 2.75) is 5.41 Å². The molecular weight excluding hydrogens is 872 g/mol. The van der Waals surface area contributed by atoms with Gasteiger partial charge in [-0.15, -0.1) is 0 Å². The van der Waals surface area contributed by atoms with Crippen molar-refractivity contribution in [1.29, 1.82) is 0 Å². The van der Waals surface area contributed by atoms with E-state index in [1.807, 2.05) is 48.5 Å². The van der Waals surface area contributed by atoms with E-state index in [1.54, 1.807) is 0 Å². The quantitative estimate of drug-likeness (QED) is 0.156. The molecule has 2 aliphatic heterocycles. The van der Waals surface area contributed by atoms with E-state index in [4.69, 9.17) is 15.0 Å². The predicted octanol–water partition coefficient (Wildman–Crippen LogP) is 14.0. The fourth-order valence-corrected chi connectivity index (χ4v) is 14.6. The van der Waals surface area contributed by atoms with E-state index in [0.717, 1.165) is 93.8 Å². The largest absolute Gasteiger partial charge is 0.309 e. The average Bonchev–Trinajstić information content (AvgIpc) is 3.79. The molecule has 10 aromatic carbocycles. The van der Waals surface area contributed by atoms with Gasteiger partial charge < -0.3 is 9.13 Å². The standard InChI is InChI=1S/C64H41N4OP/c69-70(49-21-8-3-9-22-49)58-30-15-12-26-53(58)64(52-25-11-14-29-57(52)68-56-28-13-10-23-50(56)51-24-16-27-54(64)60(51)68)55-41-48(39-40-59(55)70)63-66-61(46-35-31-44(32-36-46)42-17-4-1-5-18-42)65-62(67-63)47-37-33-45(34-38-47)43-19-6-2-7-20-43/h1-41H. The van der Waals surface area contributed by atoms with Gasteiger partial charge in [-0.25, -0.2) is 15.0 Å². The second kappa shape index (κ2) is 15.6. The molecule has 0 saturated carbocycles. The van der Waals surface area contributed by atoms with Gasteiger partial charge in [0, 0.05) is 43.4 Å². The molecule has 14 rings (SSSR count). The maximum atomic E-state index is 16.8. The third-order valence-electron chi connectivity index (χ3n) is 14.5. The zero-order valence-corrected chi connectivity index (χ0v) is 38.7. The van der Waals surface area contributed by atoms with Crippen LogP contribution in [0, 0.1) is 0 Å². The number of benzene rings is 10. The molecule has 328 valence electrons. The highest BCUT2D eigenvalue weighted by atomic mass is 31.2. The van der Waals surface area contributed by atoms with Crippen molar-refractivity contribution in [1.82, 2.24) is 19.5 Å². The minimum Gasteiger partial charge on any atom is -0.309 e. The molecule has 12 aromatic rings. The molecule has 0 aliphatic carbocycles. The van der Waals surface area contributed by atoms with Crippen molar-refractivity contribution in [3.63, 3.8) is 0 Å². The minimum atomic E-state index is -3.49. The Labute approximate surface area is 405 Å². The summed E-state index contributed by atoms with van der Waals surface area (Å²) in [7, 11) is -3.49. The van der Waals surface area contributed by atoms with Crippen molar-refractivity contribution in [2.24, 2.45) is 0 Å². The van der Waals surface area contributed by atoms with Crippen LogP contribution in [0.1, 0.15) is 22.3 Å². The van der Waals surface area contributed by atoms with Crippen LogP contribution in [0.4, 0.5) is 0 Å². The molecule has 2 aromatic heterocycles. The molecule has 2 unspecified atom stereocenters. The fraction of sp³-hybridized carbons (Fsp3) is 0.0156. The van der Waals surface area contributed by atoms with Gasteiger partial charge in [0.05, 0.1) is 22.1 Å². The minimum absolute atomic E-state index is 0.530. The molecule has 0 radical (unpaired) electrons. The molecule has 5 nitrogen and oxygen atoms in total. The molecule has 0 amide bonds. The second-order valence-electron chi connectivity index (χ2n) is 18.2. The van der Waals surface area contributed by atoms with Crippen LogP contribution in [0.25, 0.3) is 83.9 Å². The van der Waals surface area contributed by atoms with E-state index in [9.17, 15) is 0 Å². The second-order valence-corrected chi connectivity index (χ2v) is 20.9. The Balaban J connectivity index is 1.05. The van der Waals surface area contributed by atoms with Crippen LogP contribution in [-0.2, 0) is 9.98 Å². The first kappa shape index (κ1) is 40.3. The van der Waals surface area contributed by atoms with E-state index < -0.39 is 12.6 Å². The number of rotatable bonds is 6. The summed E-state index contributed by atoms with van der Waals surface area (Å²) in [4.78, 5) is 15.9. The van der Waals surface area contributed by atoms with E-state index in [-0.39, 0.29) is 0 Å². The van der Waals surface area contributed by atoms with Crippen LogP contribution in [0.2, 0.25) is 0 Å². The molecule has 0 fully saturated rings. The van der Waals surface area contributed by atoms with E-state index in [1.165, 1.54) is 10.8 Å². The fourth-order valence-electron chi connectivity index (χ4n) is 11.4. The number of fused-ring (bicyclic) bond motifs is 11. The third kappa shape index (κ3) is 5.86. The van der Waals surface area contributed by atoms with Gasteiger partial charge in [0.15, 0.2) is 24.6 Å². The highest BCUT2D eigenvalue weighted by molar-refractivity contribution is 7.85. The van der Waals surface area contributed by atoms with Gasteiger partial charge in [0.1, 0.15) is 0 Å². The summed E-state index contributed by atoms with van der Waals surface area (Å²) < 4.78 is 19.2. The first-order valence-corrected chi connectivity index (χ1v) is 25.4. The highest BCUT2D eigenvalue weighted by Crippen LogP contribution is 2.61. The lowest BCUT2D eigenvalue weighted by molar-refractivity contribution is 0.590. The van der Waals surface area contributed by atoms with E-state index in [2.05, 4.69) is 205 Å². The van der Waals surface area contributed by atoms with Gasteiger partial charge in [-0.3, -0.25) is 0 Å². The van der Waals surface area contributed by atoms with Crippen molar-refractivity contribution >= 4 is 44.9 Å². The van der Waals surface area contributed by atoms with Crippen molar-refractivity contribution in [3.05, 3.63) is 271 Å². The SMILES string of the molecule is O=P1(c2ccccc2)c2ccccc2C2(c3ccccc3-n3c4ccccc4c4cccc2c43)c2cc(-c3nc(-c4ccc(-c5ccccc5)cc4)nc(-c4ccc(-c5ccccc5)cc4)n3)ccc21. The summed E-state index contributed by atoms with van der Waals surface area (Å²) in [5.41, 5.74) is 13.8. The first-order chi connectivity index (χ1) is 34.6. The number of hydrogen-bond acceptors (Lipinski definition) is 4. The summed E-state index contributed by atoms with van der Waals surface area (Å²) in [6, 6.07) is 86.8. The number of nitrogens with zero attached hydrogens (tertiary/aromatic N) is 4. The summed E-state index contributed by atoms with van der Waals surface area (Å²) in [5.74, 6) is 1.66. The predicted molar refractivity (Wildman–Crippen MR) is 286 cm³/mol. The molecule has 4 heterocycles. The Kier molecular flexibility index (Phi) is 9.01. The Morgan fingerprint density at radius 3 is 1.46 bits per heavy atom. The molecular formula is C64H41N4OP. The molecule has 0 N–H and O–H groups in total. The van der Waals surface area contributed by atoms with Crippen LogP contribution in [0.5, 0.6) is 0 Å². The summed E-state index contributed by atoms with van der Waals surface area (Å²) in [5, 5.41) is 4.82. The van der Waals surface area contributed by atoms with Gasteiger partial charge in [0.25, 0.3) is 0 Å². The maximum Gasteiger partial charge on any atom is 0.171 e. The monoisotopic (exact) mass is 912 g/mol. The number of aromatic nitrogens is 4. The lowest BCUT2D eigenvalue weighted by atomic mass is 9.62. The lowest BCUT2D eigenvalue weighted by Gasteiger charge is -2.47. The molecule has 2 aliphatic rings. The van der Waals surface area contributed by atoms with E-state index >= 15 is 4.57 Å². The Bertz CT molecular complexity index is 3970. The Morgan fingerprint density at radius 1 is 0.343 bits per heavy atom. The normalized spacial score (nSPS) is 16.5. The number of para-hydroxylation sites is 3. The van der Waals surface area contributed by atoms with Crippen LogP contribution in [0.3, 0.4) is 0 Å². The molecule has 2 atom stereocenters. The van der Waals surface area contributed by atoms with Gasteiger partial charge in [-0.05, 0) is 68.8 Å². The highest BCUT2D eigenvalue weighted by Gasteiger charge is 2.54. The molecule has 1 spiro atoms. The van der Waals surface area contributed by atoms with Crippen LogP contribution in [0.15, 0.2) is 249 Å². The van der Waals surface area contributed by atoms with Gasteiger partial charge in [-0.2, -0.15) is 0 Å². The smallest absolute Gasteiger partial charge is 0.171 e. The van der Waals surface area contributed by atoms with Gasteiger partial charge >= 0.3 is 0 Å². The van der Waals surface area contributed by atoms with Crippen molar-refractivity contribution < 1.29 is 4.57 Å². The summed E-state index contributed by atoms with van der Waals surface area (Å²) in [6.45, 7) is 0. The maximum absolute atomic E-state index is 16.8. The average molecular weight is 913 g/mol. The van der Waals surface area contributed by atoms with Crippen LogP contribution in [-0.4, -0.2) is 19.5 Å². The van der Waals surface area contributed by atoms with Gasteiger partial charge in [0.2, 0.25) is 0 Å². The zero-order chi connectivity index (χ0) is 46.4. The molecule has 70 heavy (non-hydrogen) atoms. The van der Waals surface area contributed by atoms with Crippen LogP contribution >= 0.6 is 7.14 Å². The molecule has 6 heteroatoms. The summed E-state index contributed by atoms with van der Waals surface area (Å²) >= 11 is 0.